The van der Waals surface area contributed by atoms with E-state index in [0.29, 0.717) is 5.82 Å². The van der Waals surface area contributed by atoms with Crippen LogP contribution < -0.4 is 15.0 Å². The molecule has 1 unspecified atom stereocenters. The number of aromatic nitrogens is 2. The van der Waals surface area contributed by atoms with E-state index in [1.165, 1.54) is 31.4 Å². The van der Waals surface area contributed by atoms with Gasteiger partial charge in [-0.1, -0.05) is 12.1 Å². The predicted octanol–water partition coefficient (Wildman–Crippen LogP) is 2.69. The predicted molar refractivity (Wildman–Crippen MR) is 96.4 cm³/mol. The second-order valence-corrected chi connectivity index (χ2v) is 6.29. The molecule has 1 N–H and O–H groups in total. The number of para-hydroxylation sites is 1. The Morgan fingerprint density at radius 2 is 2.04 bits per heavy atom. The summed E-state index contributed by atoms with van der Waals surface area (Å²) in [6, 6.07) is 7.90. The number of nitrogens with one attached hydrogen (secondary N) is 1. The molecule has 1 atom stereocenters. The number of rotatable bonds is 6. The SMILES string of the molecule is CC(Oc1ccccc1F)C(=O)NCc1nccc(N2CCCCC2)n1. The molecule has 1 saturated heterocycles. The average Bonchev–Trinajstić information content (AvgIpc) is 2.68. The highest BCUT2D eigenvalue weighted by Crippen LogP contribution is 2.18. The van der Waals surface area contributed by atoms with Crippen LogP contribution in [0.5, 0.6) is 5.75 Å². The van der Waals surface area contributed by atoms with Gasteiger partial charge in [0.15, 0.2) is 17.7 Å². The molecule has 1 aromatic carbocycles. The van der Waals surface area contributed by atoms with Gasteiger partial charge in [0.25, 0.3) is 5.91 Å². The third-order valence-corrected chi connectivity index (χ3v) is 4.30. The number of carbonyl (C=O) groups excluding carboxylic acids is 1. The van der Waals surface area contributed by atoms with Crippen LogP contribution in [0.4, 0.5) is 10.2 Å². The number of hydrogen-bond donors (Lipinski definition) is 1. The van der Waals surface area contributed by atoms with Gasteiger partial charge in [0, 0.05) is 19.3 Å². The van der Waals surface area contributed by atoms with Gasteiger partial charge in [0.1, 0.15) is 11.6 Å². The third kappa shape index (κ3) is 4.68. The maximum absolute atomic E-state index is 13.6. The van der Waals surface area contributed by atoms with Gasteiger partial charge >= 0.3 is 0 Å². The molecule has 0 aliphatic carbocycles. The summed E-state index contributed by atoms with van der Waals surface area (Å²) in [5.74, 6) is 0.641. The standard InChI is InChI=1S/C19H23FN4O2/c1-14(26-16-8-4-3-7-15(16)20)19(25)22-13-17-21-10-9-18(23-17)24-11-5-2-6-12-24/h3-4,7-10,14H,2,5-6,11-13H2,1H3,(H,22,25). The van der Waals surface area contributed by atoms with Crippen molar-refractivity contribution < 1.29 is 13.9 Å². The molecule has 0 bridgehead atoms. The van der Waals surface area contributed by atoms with E-state index in [1.807, 2.05) is 6.07 Å². The first-order valence-electron chi connectivity index (χ1n) is 8.89. The highest BCUT2D eigenvalue weighted by molar-refractivity contribution is 5.80. The van der Waals surface area contributed by atoms with Gasteiger partial charge in [-0.3, -0.25) is 4.79 Å². The van der Waals surface area contributed by atoms with Crippen molar-refractivity contribution in [1.29, 1.82) is 0 Å². The number of hydrogen-bond acceptors (Lipinski definition) is 5. The van der Waals surface area contributed by atoms with Gasteiger partial charge in [-0.15, -0.1) is 0 Å². The molecule has 0 saturated carbocycles. The molecular weight excluding hydrogens is 335 g/mol. The van der Waals surface area contributed by atoms with Gasteiger partial charge in [-0.2, -0.15) is 0 Å². The molecule has 26 heavy (non-hydrogen) atoms. The van der Waals surface area contributed by atoms with Crippen molar-refractivity contribution >= 4 is 11.7 Å². The largest absolute Gasteiger partial charge is 0.478 e. The fraction of sp³-hybridized carbons (Fsp3) is 0.421. The van der Waals surface area contributed by atoms with Crippen molar-refractivity contribution in [2.24, 2.45) is 0 Å². The summed E-state index contributed by atoms with van der Waals surface area (Å²) in [7, 11) is 0. The highest BCUT2D eigenvalue weighted by atomic mass is 19.1. The summed E-state index contributed by atoms with van der Waals surface area (Å²) in [6.07, 6.45) is 4.47. The Bertz CT molecular complexity index is 750. The zero-order valence-electron chi connectivity index (χ0n) is 14.8. The molecule has 6 nitrogen and oxygen atoms in total. The van der Waals surface area contributed by atoms with Gasteiger partial charge in [0.05, 0.1) is 6.54 Å². The Labute approximate surface area is 152 Å². The second-order valence-electron chi connectivity index (χ2n) is 6.29. The fourth-order valence-electron chi connectivity index (χ4n) is 2.87. The van der Waals surface area contributed by atoms with Crippen molar-refractivity contribution in [3.8, 4) is 5.75 Å². The minimum absolute atomic E-state index is 0.0542. The normalized spacial score (nSPS) is 15.4. The minimum Gasteiger partial charge on any atom is -0.478 e. The molecule has 2 heterocycles. The van der Waals surface area contributed by atoms with Crippen molar-refractivity contribution in [2.75, 3.05) is 18.0 Å². The van der Waals surface area contributed by atoms with Crippen molar-refractivity contribution in [2.45, 2.75) is 38.8 Å². The van der Waals surface area contributed by atoms with E-state index in [9.17, 15) is 9.18 Å². The highest BCUT2D eigenvalue weighted by Gasteiger charge is 2.17. The molecule has 1 fully saturated rings. The number of halogens is 1. The van der Waals surface area contributed by atoms with Gasteiger partial charge < -0.3 is 15.0 Å². The van der Waals surface area contributed by atoms with Crippen LogP contribution in [0.2, 0.25) is 0 Å². The summed E-state index contributed by atoms with van der Waals surface area (Å²) < 4.78 is 19.0. The molecule has 138 valence electrons. The quantitative estimate of drug-likeness (QED) is 0.860. The Kier molecular flexibility index (Phi) is 5.99. The lowest BCUT2D eigenvalue weighted by Gasteiger charge is -2.27. The number of piperidine rings is 1. The van der Waals surface area contributed by atoms with Gasteiger partial charge in [-0.25, -0.2) is 14.4 Å². The number of amides is 1. The third-order valence-electron chi connectivity index (χ3n) is 4.30. The first-order valence-corrected chi connectivity index (χ1v) is 8.89. The lowest BCUT2D eigenvalue weighted by molar-refractivity contribution is -0.127. The molecule has 1 aliphatic rings. The zero-order valence-corrected chi connectivity index (χ0v) is 14.8. The first-order chi connectivity index (χ1) is 12.6. The van der Waals surface area contributed by atoms with E-state index in [2.05, 4.69) is 20.2 Å². The van der Waals surface area contributed by atoms with E-state index < -0.39 is 11.9 Å². The minimum atomic E-state index is -0.822. The van der Waals surface area contributed by atoms with Crippen LogP contribution in [0, 0.1) is 5.82 Å². The van der Waals surface area contributed by atoms with E-state index in [1.54, 1.807) is 25.3 Å². The fourth-order valence-corrected chi connectivity index (χ4v) is 2.87. The molecule has 2 aromatic rings. The smallest absolute Gasteiger partial charge is 0.261 e. The number of anilines is 1. The first kappa shape index (κ1) is 18.1. The van der Waals surface area contributed by atoms with Crippen LogP contribution in [-0.4, -0.2) is 35.1 Å². The van der Waals surface area contributed by atoms with Crippen LogP contribution in [-0.2, 0) is 11.3 Å². The van der Waals surface area contributed by atoms with Crippen LogP contribution in [0.25, 0.3) is 0 Å². The maximum atomic E-state index is 13.6. The number of ether oxygens (including phenoxy) is 1. The number of nitrogens with zero attached hydrogens (tertiary/aromatic N) is 3. The summed E-state index contributed by atoms with van der Waals surface area (Å²) in [5.41, 5.74) is 0. The van der Waals surface area contributed by atoms with Crippen molar-refractivity contribution in [3.05, 3.63) is 48.2 Å². The molecular formula is C19H23FN4O2. The summed E-state index contributed by atoms with van der Waals surface area (Å²) in [6.45, 7) is 3.77. The Hall–Kier alpha value is -2.70. The van der Waals surface area contributed by atoms with Crippen LogP contribution in [0.3, 0.4) is 0 Å². The van der Waals surface area contributed by atoms with Gasteiger partial charge in [-0.05, 0) is 44.4 Å². The molecule has 0 radical (unpaired) electrons. The van der Waals surface area contributed by atoms with Crippen LogP contribution in [0.1, 0.15) is 32.0 Å². The summed E-state index contributed by atoms with van der Waals surface area (Å²) >= 11 is 0. The zero-order chi connectivity index (χ0) is 18.4. The van der Waals surface area contributed by atoms with E-state index in [0.717, 1.165) is 18.9 Å². The molecule has 1 amide bonds. The topological polar surface area (TPSA) is 67.3 Å². The Morgan fingerprint density at radius 1 is 1.27 bits per heavy atom. The molecule has 1 aromatic heterocycles. The number of benzene rings is 1. The number of carbonyl (C=O) groups is 1. The average molecular weight is 358 g/mol. The Morgan fingerprint density at radius 3 is 2.81 bits per heavy atom. The second kappa shape index (κ2) is 8.60. The van der Waals surface area contributed by atoms with Gasteiger partial charge in [0.2, 0.25) is 0 Å². The lowest BCUT2D eigenvalue weighted by Crippen LogP contribution is -2.36. The summed E-state index contributed by atoms with van der Waals surface area (Å²) in [5, 5.41) is 2.74. The van der Waals surface area contributed by atoms with E-state index in [4.69, 9.17) is 4.74 Å². The Balaban J connectivity index is 1.54. The molecule has 0 spiro atoms. The molecule has 3 rings (SSSR count). The van der Waals surface area contributed by atoms with Crippen molar-refractivity contribution in [1.82, 2.24) is 15.3 Å². The van der Waals surface area contributed by atoms with E-state index >= 15 is 0 Å². The molecule has 1 aliphatic heterocycles. The monoisotopic (exact) mass is 358 g/mol. The maximum Gasteiger partial charge on any atom is 0.261 e. The van der Waals surface area contributed by atoms with E-state index in [-0.39, 0.29) is 18.2 Å². The van der Waals surface area contributed by atoms with Crippen molar-refractivity contribution in [3.63, 3.8) is 0 Å². The van der Waals surface area contributed by atoms with Crippen LogP contribution in [0.15, 0.2) is 36.5 Å². The molecule has 7 heteroatoms. The van der Waals surface area contributed by atoms with Crippen LogP contribution >= 0.6 is 0 Å². The lowest BCUT2D eigenvalue weighted by atomic mass is 10.1. The summed E-state index contributed by atoms with van der Waals surface area (Å²) in [4.78, 5) is 23.2.